The van der Waals surface area contributed by atoms with Crippen LogP contribution < -0.4 is 5.32 Å². The van der Waals surface area contributed by atoms with Gasteiger partial charge >= 0.3 is 0 Å². The molecule has 0 radical (unpaired) electrons. The van der Waals surface area contributed by atoms with Crippen molar-refractivity contribution in [3.05, 3.63) is 23.8 Å². The van der Waals surface area contributed by atoms with E-state index in [2.05, 4.69) is 35.4 Å². The largest absolute Gasteiger partial charge is 0.342 e. The van der Waals surface area contributed by atoms with E-state index >= 15 is 0 Å². The number of nitrogens with zero attached hydrogens (tertiary/aromatic N) is 2. The number of hydrogen-bond donors (Lipinski definition) is 1. The third kappa shape index (κ3) is 2.33. The van der Waals surface area contributed by atoms with E-state index in [1.807, 2.05) is 4.90 Å². The van der Waals surface area contributed by atoms with Gasteiger partial charge in [0.2, 0.25) is 5.91 Å². The fourth-order valence-electron chi connectivity index (χ4n) is 4.59. The molecule has 1 saturated carbocycles. The minimum atomic E-state index is 0.317. The molecule has 0 aromatic carbocycles. The first-order valence-corrected chi connectivity index (χ1v) is 8.84. The number of carbonyl (C=O) groups excluding carboxylic acids is 1. The summed E-state index contributed by atoms with van der Waals surface area (Å²) in [5, 5.41) is 3.53. The van der Waals surface area contributed by atoms with E-state index in [1.54, 1.807) is 5.57 Å². The highest BCUT2D eigenvalue weighted by Gasteiger charge is 2.58. The molecule has 1 N–H and O–H groups in total. The highest BCUT2D eigenvalue weighted by molar-refractivity contribution is 5.76. The Kier molecular flexibility index (Phi) is 3.61. The number of amides is 1. The van der Waals surface area contributed by atoms with Crippen molar-refractivity contribution < 1.29 is 4.79 Å². The summed E-state index contributed by atoms with van der Waals surface area (Å²) in [6.45, 7) is 8.08. The summed E-state index contributed by atoms with van der Waals surface area (Å²) in [6.07, 6.45) is 10.4. The predicted octanol–water partition coefficient (Wildman–Crippen LogP) is 1.40. The standard InChI is InChI=1S/C18H27N3O/c1-2-20-9-10-21(8-7-17(20)22)16-5-3-14(4-6-16)18-11-15(18)12-19-13-18/h3-5,15-16,19H,2,6-13H2,1H3. The average Bonchev–Trinajstić information content (AvgIpc) is 3.18. The van der Waals surface area contributed by atoms with Crippen molar-refractivity contribution in [3.63, 3.8) is 0 Å². The zero-order valence-corrected chi connectivity index (χ0v) is 13.6. The van der Waals surface area contributed by atoms with Crippen molar-refractivity contribution in [1.29, 1.82) is 0 Å². The van der Waals surface area contributed by atoms with Gasteiger partial charge in [-0.05, 0) is 37.8 Å². The van der Waals surface area contributed by atoms with E-state index in [0.29, 0.717) is 23.8 Å². The minimum Gasteiger partial charge on any atom is -0.342 e. The molecule has 2 aliphatic carbocycles. The zero-order valence-electron chi connectivity index (χ0n) is 13.6. The second-order valence-electron chi connectivity index (χ2n) is 7.27. The van der Waals surface area contributed by atoms with Crippen LogP contribution in [0.1, 0.15) is 26.2 Å². The maximum absolute atomic E-state index is 12.0. The molecule has 0 aromatic heterocycles. The van der Waals surface area contributed by atoms with Crippen LogP contribution in [0.5, 0.6) is 0 Å². The van der Waals surface area contributed by atoms with Gasteiger partial charge in [-0.25, -0.2) is 0 Å². The van der Waals surface area contributed by atoms with E-state index in [1.165, 1.54) is 19.5 Å². The van der Waals surface area contributed by atoms with Crippen LogP contribution in [0.2, 0.25) is 0 Å². The molecule has 0 spiro atoms. The Morgan fingerprint density at radius 2 is 2.27 bits per heavy atom. The lowest BCUT2D eigenvalue weighted by Gasteiger charge is -2.30. The van der Waals surface area contributed by atoms with E-state index < -0.39 is 0 Å². The Hall–Kier alpha value is -1.13. The second kappa shape index (κ2) is 5.50. The number of piperidine rings is 1. The Morgan fingerprint density at radius 3 is 2.91 bits per heavy atom. The van der Waals surface area contributed by atoms with Crippen LogP contribution in [0.25, 0.3) is 0 Å². The number of fused-ring (bicyclic) bond motifs is 1. The molecule has 120 valence electrons. The lowest BCUT2D eigenvalue weighted by molar-refractivity contribution is -0.130. The van der Waals surface area contributed by atoms with Crippen LogP contribution in [-0.4, -0.2) is 61.0 Å². The Morgan fingerprint density at radius 1 is 1.36 bits per heavy atom. The summed E-state index contributed by atoms with van der Waals surface area (Å²) in [5.74, 6) is 1.20. The number of nitrogens with one attached hydrogen (secondary N) is 1. The Bertz CT molecular complexity index is 526. The van der Waals surface area contributed by atoms with E-state index in [0.717, 1.165) is 38.5 Å². The molecule has 3 fully saturated rings. The molecule has 2 heterocycles. The second-order valence-corrected chi connectivity index (χ2v) is 7.27. The highest BCUT2D eigenvalue weighted by Crippen LogP contribution is 2.60. The first kappa shape index (κ1) is 14.5. The molecular weight excluding hydrogens is 274 g/mol. The third-order valence-electron chi connectivity index (χ3n) is 6.19. The molecule has 2 aliphatic heterocycles. The van der Waals surface area contributed by atoms with Gasteiger partial charge in [0.25, 0.3) is 0 Å². The molecule has 1 amide bonds. The molecule has 4 heteroatoms. The fourth-order valence-corrected chi connectivity index (χ4v) is 4.59. The number of rotatable bonds is 3. The van der Waals surface area contributed by atoms with Crippen LogP contribution >= 0.6 is 0 Å². The number of carbonyl (C=O) groups is 1. The molecule has 3 atom stereocenters. The van der Waals surface area contributed by atoms with Crippen LogP contribution in [0.3, 0.4) is 0 Å². The molecule has 4 nitrogen and oxygen atoms in total. The molecule has 0 bridgehead atoms. The van der Waals surface area contributed by atoms with Crippen LogP contribution in [0.15, 0.2) is 23.8 Å². The van der Waals surface area contributed by atoms with Crippen LogP contribution in [0, 0.1) is 11.3 Å². The van der Waals surface area contributed by atoms with Gasteiger partial charge in [0.1, 0.15) is 0 Å². The predicted molar refractivity (Wildman–Crippen MR) is 87.5 cm³/mol. The lowest BCUT2D eigenvalue weighted by Crippen LogP contribution is -2.38. The van der Waals surface area contributed by atoms with Crippen molar-refractivity contribution in [1.82, 2.24) is 15.1 Å². The first-order chi connectivity index (χ1) is 10.7. The van der Waals surface area contributed by atoms with Gasteiger partial charge in [-0.3, -0.25) is 9.69 Å². The van der Waals surface area contributed by atoms with Crippen molar-refractivity contribution in [2.24, 2.45) is 11.3 Å². The molecule has 4 rings (SSSR count). The summed E-state index contributed by atoms with van der Waals surface area (Å²) in [5.41, 5.74) is 2.05. The lowest BCUT2D eigenvalue weighted by atomic mass is 9.89. The fraction of sp³-hybridized carbons (Fsp3) is 0.722. The average molecular weight is 301 g/mol. The topological polar surface area (TPSA) is 35.6 Å². The van der Waals surface area contributed by atoms with Gasteiger partial charge in [-0.2, -0.15) is 0 Å². The van der Waals surface area contributed by atoms with Crippen molar-refractivity contribution in [2.45, 2.75) is 32.2 Å². The van der Waals surface area contributed by atoms with Crippen molar-refractivity contribution in [2.75, 3.05) is 39.3 Å². The highest BCUT2D eigenvalue weighted by atomic mass is 16.2. The van der Waals surface area contributed by atoms with Gasteiger partial charge in [0, 0.05) is 50.6 Å². The van der Waals surface area contributed by atoms with Gasteiger partial charge < -0.3 is 10.2 Å². The van der Waals surface area contributed by atoms with E-state index in [4.69, 9.17) is 0 Å². The number of hydrogen-bond acceptors (Lipinski definition) is 3. The van der Waals surface area contributed by atoms with E-state index in [9.17, 15) is 4.79 Å². The molecule has 2 saturated heterocycles. The molecule has 3 unspecified atom stereocenters. The molecule has 0 aromatic rings. The third-order valence-corrected chi connectivity index (χ3v) is 6.19. The SMILES string of the molecule is CCN1CCN(C2C=CC(C34CNCC3C4)=CC2)CCC1=O. The minimum absolute atomic E-state index is 0.317. The van der Waals surface area contributed by atoms with E-state index in [-0.39, 0.29) is 0 Å². The summed E-state index contributed by atoms with van der Waals surface area (Å²) >= 11 is 0. The van der Waals surface area contributed by atoms with Gasteiger partial charge in [-0.1, -0.05) is 18.2 Å². The number of allylic oxidation sites excluding steroid dienone is 1. The van der Waals surface area contributed by atoms with Crippen LogP contribution in [-0.2, 0) is 4.79 Å². The first-order valence-electron chi connectivity index (χ1n) is 8.84. The Balaban J connectivity index is 1.39. The maximum Gasteiger partial charge on any atom is 0.223 e. The van der Waals surface area contributed by atoms with Gasteiger partial charge in [0.15, 0.2) is 0 Å². The molecular formula is C18H27N3O. The summed E-state index contributed by atoms with van der Waals surface area (Å²) in [6, 6.07) is 0.483. The smallest absolute Gasteiger partial charge is 0.223 e. The summed E-state index contributed by atoms with van der Waals surface area (Å²) in [7, 11) is 0. The van der Waals surface area contributed by atoms with Crippen molar-refractivity contribution >= 4 is 5.91 Å². The molecule has 4 aliphatic rings. The van der Waals surface area contributed by atoms with Crippen LogP contribution in [0.4, 0.5) is 0 Å². The Labute approximate surface area is 133 Å². The van der Waals surface area contributed by atoms with Gasteiger partial charge in [-0.15, -0.1) is 0 Å². The van der Waals surface area contributed by atoms with Gasteiger partial charge in [0.05, 0.1) is 0 Å². The maximum atomic E-state index is 12.0. The summed E-state index contributed by atoms with van der Waals surface area (Å²) in [4.78, 5) is 16.5. The molecule has 22 heavy (non-hydrogen) atoms. The normalized spacial score (nSPS) is 38.7. The quantitative estimate of drug-likeness (QED) is 0.856. The summed E-state index contributed by atoms with van der Waals surface area (Å²) < 4.78 is 0. The van der Waals surface area contributed by atoms with Crippen molar-refractivity contribution in [3.8, 4) is 0 Å². The zero-order chi connectivity index (χ0) is 15.2. The monoisotopic (exact) mass is 301 g/mol. The number of likely N-dealkylation sites (N-methyl/N-ethyl adjacent to an activating group) is 1.